The van der Waals surface area contributed by atoms with Gasteiger partial charge < -0.3 is 10.5 Å². The second-order valence-electron chi connectivity index (χ2n) is 6.77. The van der Waals surface area contributed by atoms with Crippen LogP contribution in [-0.4, -0.2) is 18.2 Å². The molecule has 1 saturated carbocycles. The van der Waals surface area contributed by atoms with Crippen LogP contribution >= 0.6 is 0 Å². The van der Waals surface area contributed by atoms with Gasteiger partial charge in [-0.3, -0.25) is 0 Å². The molecule has 2 heteroatoms. The third kappa shape index (κ3) is 4.08. The lowest BCUT2D eigenvalue weighted by Gasteiger charge is -2.41. The molecule has 1 unspecified atom stereocenters. The fourth-order valence-electron chi connectivity index (χ4n) is 3.54. The van der Waals surface area contributed by atoms with Crippen molar-refractivity contribution in [2.75, 3.05) is 6.61 Å². The molecule has 2 rings (SSSR count). The predicted octanol–water partition coefficient (Wildman–Crippen LogP) is 4.42. The molecule has 1 fully saturated rings. The number of benzene rings is 1. The minimum Gasteiger partial charge on any atom is -0.374 e. The Hall–Kier alpha value is -0.860. The van der Waals surface area contributed by atoms with Gasteiger partial charge in [0.05, 0.1) is 5.60 Å². The molecule has 1 aliphatic rings. The van der Waals surface area contributed by atoms with Crippen molar-refractivity contribution >= 4 is 0 Å². The van der Waals surface area contributed by atoms with E-state index in [2.05, 4.69) is 45.0 Å². The standard InChI is InChI=1S/C19H31NO/c1-4-21-19(12-6-5-7-13-19)18(20)14-16-8-10-17(11-9-16)15(2)3/h8-11,15,18H,4-7,12-14,20H2,1-3H3. The summed E-state index contributed by atoms with van der Waals surface area (Å²) in [5.74, 6) is 0.584. The minimum atomic E-state index is -0.0935. The Morgan fingerprint density at radius 1 is 1.10 bits per heavy atom. The largest absolute Gasteiger partial charge is 0.374 e. The number of ether oxygens (including phenoxy) is 1. The summed E-state index contributed by atoms with van der Waals surface area (Å²) in [6.07, 6.45) is 6.97. The molecule has 0 heterocycles. The monoisotopic (exact) mass is 289 g/mol. The normalized spacial score (nSPS) is 19.7. The fourth-order valence-corrected chi connectivity index (χ4v) is 3.54. The van der Waals surface area contributed by atoms with Gasteiger partial charge in [-0.1, -0.05) is 57.4 Å². The van der Waals surface area contributed by atoms with Gasteiger partial charge in [0.25, 0.3) is 0 Å². The summed E-state index contributed by atoms with van der Waals surface area (Å²) in [6.45, 7) is 7.31. The summed E-state index contributed by atoms with van der Waals surface area (Å²) in [4.78, 5) is 0. The minimum absolute atomic E-state index is 0.0935. The van der Waals surface area contributed by atoms with E-state index >= 15 is 0 Å². The number of hydrogen-bond donors (Lipinski definition) is 1. The molecule has 2 nitrogen and oxygen atoms in total. The summed E-state index contributed by atoms with van der Waals surface area (Å²) in [5, 5.41) is 0. The van der Waals surface area contributed by atoms with Gasteiger partial charge in [-0.25, -0.2) is 0 Å². The maximum absolute atomic E-state index is 6.57. The highest BCUT2D eigenvalue weighted by molar-refractivity contribution is 5.25. The van der Waals surface area contributed by atoms with Crippen molar-refractivity contribution < 1.29 is 4.74 Å². The zero-order valence-electron chi connectivity index (χ0n) is 13.9. The van der Waals surface area contributed by atoms with Crippen LogP contribution in [0.15, 0.2) is 24.3 Å². The molecule has 0 spiro atoms. The molecule has 1 aliphatic carbocycles. The highest BCUT2D eigenvalue weighted by Crippen LogP contribution is 2.35. The topological polar surface area (TPSA) is 35.2 Å². The Bertz CT molecular complexity index is 412. The van der Waals surface area contributed by atoms with Crippen LogP contribution in [0.5, 0.6) is 0 Å². The molecule has 118 valence electrons. The van der Waals surface area contributed by atoms with Crippen molar-refractivity contribution in [3.05, 3.63) is 35.4 Å². The first-order chi connectivity index (χ1) is 10.1. The van der Waals surface area contributed by atoms with Crippen molar-refractivity contribution in [3.8, 4) is 0 Å². The van der Waals surface area contributed by atoms with Gasteiger partial charge in [-0.05, 0) is 43.2 Å². The quantitative estimate of drug-likeness (QED) is 0.841. The van der Waals surface area contributed by atoms with Gasteiger partial charge in [-0.15, -0.1) is 0 Å². The number of hydrogen-bond acceptors (Lipinski definition) is 2. The highest BCUT2D eigenvalue weighted by atomic mass is 16.5. The second kappa shape index (κ2) is 7.42. The molecule has 21 heavy (non-hydrogen) atoms. The van der Waals surface area contributed by atoms with E-state index in [0.717, 1.165) is 25.9 Å². The first-order valence-electron chi connectivity index (χ1n) is 8.56. The molecular formula is C19H31NO. The van der Waals surface area contributed by atoms with Gasteiger partial charge in [0.15, 0.2) is 0 Å². The van der Waals surface area contributed by atoms with Crippen LogP contribution in [0, 0.1) is 0 Å². The number of rotatable bonds is 6. The van der Waals surface area contributed by atoms with Crippen molar-refractivity contribution in [1.29, 1.82) is 0 Å². The molecule has 2 N–H and O–H groups in total. The fraction of sp³-hybridized carbons (Fsp3) is 0.684. The lowest BCUT2D eigenvalue weighted by Crippen LogP contribution is -2.52. The van der Waals surface area contributed by atoms with Gasteiger partial charge in [0.2, 0.25) is 0 Å². The molecular weight excluding hydrogens is 258 g/mol. The van der Waals surface area contributed by atoms with Crippen LogP contribution in [0.2, 0.25) is 0 Å². The highest BCUT2D eigenvalue weighted by Gasteiger charge is 2.38. The molecule has 0 saturated heterocycles. The molecule has 0 aromatic heterocycles. The zero-order chi connectivity index (χ0) is 15.3. The molecule has 0 amide bonds. The van der Waals surface area contributed by atoms with Crippen LogP contribution in [0.1, 0.15) is 69.9 Å². The van der Waals surface area contributed by atoms with Crippen LogP contribution in [0.4, 0.5) is 0 Å². The van der Waals surface area contributed by atoms with E-state index in [4.69, 9.17) is 10.5 Å². The van der Waals surface area contributed by atoms with Crippen LogP contribution in [0.3, 0.4) is 0 Å². The Morgan fingerprint density at radius 3 is 2.24 bits per heavy atom. The van der Waals surface area contributed by atoms with E-state index in [-0.39, 0.29) is 11.6 Å². The maximum atomic E-state index is 6.57. The van der Waals surface area contributed by atoms with E-state index < -0.39 is 0 Å². The van der Waals surface area contributed by atoms with Gasteiger partial charge in [-0.2, -0.15) is 0 Å². The lowest BCUT2D eigenvalue weighted by atomic mass is 9.77. The first kappa shape index (κ1) is 16.5. The van der Waals surface area contributed by atoms with Gasteiger partial charge >= 0.3 is 0 Å². The van der Waals surface area contributed by atoms with Crippen molar-refractivity contribution in [1.82, 2.24) is 0 Å². The predicted molar refractivity (Wildman–Crippen MR) is 89.7 cm³/mol. The summed E-state index contributed by atoms with van der Waals surface area (Å²) in [5.41, 5.74) is 9.20. The summed E-state index contributed by atoms with van der Waals surface area (Å²) in [6, 6.07) is 9.04. The van der Waals surface area contributed by atoms with E-state index in [1.54, 1.807) is 0 Å². The number of nitrogens with two attached hydrogens (primary N) is 1. The third-order valence-electron chi connectivity index (χ3n) is 4.91. The first-order valence-corrected chi connectivity index (χ1v) is 8.56. The van der Waals surface area contributed by atoms with Crippen LogP contribution in [0.25, 0.3) is 0 Å². The average Bonchev–Trinajstić information content (AvgIpc) is 2.49. The van der Waals surface area contributed by atoms with Crippen LogP contribution < -0.4 is 5.73 Å². The third-order valence-corrected chi connectivity index (χ3v) is 4.91. The molecule has 0 bridgehead atoms. The van der Waals surface area contributed by atoms with Crippen molar-refractivity contribution in [2.24, 2.45) is 5.73 Å². The Balaban J connectivity index is 2.05. The Labute approximate surface area is 130 Å². The van der Waals surface area contributed by atoms with Gasteiger partial charge in [0, 0.05) is 12.6 Å². The Kier molecular flexibility index (Phi) is 5.83. The van der Waals surface area contributed by atoms with Crippen molar-refractivity contribution in [3.63, 3.8) is 0 Å². The summed E-state index contributed by atoms with van der Waals surface area (Å²) < 4.78 is 6.14. The van der Waals surface area contributed by atoms with Crippen molar-refractivity contribution in [2.45, 2.75) is 76.9 Å². The van der Waals surface area contributed by atoms with E-state index in [1.807, 2.05) is 0 Å². The molecule has 0 aliphatic heterocycles. The zero-order valence-corrected chi connectivity index (χ0v) is 13.9. The van der Waals surface area contributed by atoms with Gasteiger partial charge in [0.1, 0.15) is 0 Å². The van der Waals surface area contributed by atoms with E-state index in [0.29, 0.717) is 5.92 Å². The molecule has 0 radical (unpaired) electrons. The smallest absolute Gasteiger partial charge is 0.0835 e. The second-order valence-corrected chi connectivity index (χ2v) is 6.77. The molecule has 1 atom stereocenters. The Morgan fingerprint density at radius 2 is 1.71 bits per heavy atom. The SMILES string of the molecule is CCOC1(C(N)Cc2ccc(C(C)C)cc2)CCCCC1. The average molecular weight is 289 g/mol. The lowest BCUT2D eigenvalue weighted by molar-refractivity contribution is -0.0817. The van der Waals surface area contributed by atoms with Crippen LogP contribution in [-0.2, 0) is 11.2 Å². The molecule has 1 aromatic rings. The summed E-state index contributed by atoms with van der Waals surface area (Å²) >= 11 is 0. The van der Waals surface area contributed by atoms with E-state index in [9.17, 15) is 0 Å². The maximum Gasteiger partial charge on any atom is 0.0835 e. The molecule has 1 aromatic carbocycles. The summed E-state index contributed by atoms with van der Waals surface area (Å²) in [7, 11) is 0. The van der Waals surface area contributed by atoms with E-state index in [1.165, 1.54) is 30.4 Å².